The number of aliphatic hydroxyl groups excluding tert-OH is 1. The highest BCUT2D eigenvalue weighted by Gasteiger charge is 2.34. The van der Waals surface area contributed by atoms with Crippen LogP contribution in [-0.2, 0) is 19.2 Å². The van der Waals surface area contributed by atoms with E-state index in [1.807, 2.05) is 0 Å². The van der Waals surface area contributed by atoms with Crippen LogP contribution in [-0.4, -0.2) is 15.9 Å². The number of benzene rings is 1. The largest absolute Gasteiger partial charge is 0.418 e. The van der Waals surface area contributed by atoms with Gasteiger partial charge in [-0.3, -0.25) is 9.78 Å². The van der Waals surface area contributed by atoms with E-state index in [4.69, 9.17) is 11.6 Å². The van der Waals surface area contributed by atoms with E-state index in [2.05, 4.69) is 4.98 Å². The number of allylic oxidation sites excluding steroid dienone is 1. The first-order valence-electron chi connectivity index (χ1n) is 7.01. The summed E-state index contributed by atoms with van der Waals surface area (Å²) in [6, 6.07) is 5.17. The van der Waals surface area contributed by atoms with E-state index in [0.29, 0.717) is 16.7 Å². The fourth-order valence-electron chi connectivity index (χ4n) is 2.67. The zero-order valence-electron chi connectivity index (χ0n) is 12.2. The summed E-state index contributed by atoms with van der Waals surface area (Å²) in [6.07, 6.45) is -2.06. The Kier molecular flexibility index (Phi) is 4.19. The van der Waals surface area contributed by atoms with Gasteiger partial charge < -0.3 is 5.11 Å². The lowest BCUT2D eigenvalue weighted by Crippen LogP contribution is -2.09. The zero-order chi connectivity index (χ0) is 17.5. The molecule has 7 heteroatoms. The molecule has 0 amide bonds. The van der Waals surface area contributed by atoms with Gasteiger partial charge in [0.25, 0.3) is 0 Å². The summed E-state index contributed by atoms with van der Waals surface area (Å²) in [5.74, 6) is -0.379. The zero-order valence-corrected chi connectivity index (χ0v) is 12.9. The van der Waals surface area contributed by atoms with Crippen LogP contribution in [0.2, 0.25) is 5.02 Å². The van der Waals surface area contributed by atoms with Gasteiger partial charge in [0.1, 0.15) is 0 Å². The number of alkyl halides is 3. The van der Waals surface area contributed by atoms with Crippen molar-refractivity contribution in [2.75, 3.05) is 0 Å². The van der Waals surface area contributed by atoms with Crippen LogP contribution >= 0.6 is 11.6 Å². The molecule has 0 bridgehead atoms. The van der Waals surface area contributed by atoms with Gasteiger partial charge in [0, 0.05) is 23.8 Å². The average molecular weight is 354 g/mol. The number of nitrogens with zero attached hydrogens (tertiary/aromatic N) is 1. The van der Waals surface area contributed by atoms with Crippen molar-refractivity contribution in [2.45, 2.75) is 19.2 Å². The lowest BCUT2D eigenvalue weighted by atomic mass is 10.1. The van der Waals surface area contributed by atoms with E-state index in [-0.39, 0.29) is 35.1 Å². The monoisotopic (exact) mass is 353 g/mol. The second-order valence-corrected chi connectivity index (χ2v) is 5.71. The van der Waals surface area contributed by atoms with Crippen LogP contribution in [0.3, 0.4) is 0 Å². The Morgan fingerprint density at radius 3 is 2.71 bits per heavy atom. The minimum absolute atomic E-state index is 0.106. The molecule has 1 N–H and O–H groups in total. The van der Waals surface area contributed by atoms with Crippen LogP contribution in [0.1, 0.15) is 32.7 Å². The summed E-state index contributed by atoms with van der Waals surface area (Å²) in [5.41, 5.74) is 0.310. The predicted octanol–water partition coefficient (Wildman–Crippen LogP) is 4.07. The molecule has 124 valence electrons. The van der Waals surface area contributed by atoms with E-state index in [1.54, 1.807) is 0 Å². The maximum atomic E-state index is 13.0. The smallest absolute Gasteiger partial charge is 0.392 e. The van der Waals surface area contributed by atoms with E-state index in [1.165, 1.54) is 24.4 Å². The normalized spacial score (nSPS) is 15.9. The van der Waals surface area contributed by atoms with Gasteiger partial charge in [-0.2, -0.15) is 13.2 Å². The number of ketones is 1. The van der Waals surface area contributed by atoms with E-state index in [0.717, 1.165) is 12.1 Å². The molecule has 1 aromatic carbocycles. The van der Waals surface area contributed by atoms with Crippen LogP contribution in [0.4, 0.5) is 13.2 Å². The van der Waals surface area contributed by atoms with Gasteiger partial charge in [-0.15, -0.1) is 0 Å². The van der Waals surface area contributed by atoms with Gasteiger partial charge in [-0.25, -0.2) is 0 Å². The summed E-state index contributed by atoms with van der Waals surface area (Å²) in [5, 5.41) is 9.49. The molecule has 0 aliphatic heterocycles. The quantitative estimate of drug-likeness (QED) is 0.828. The SMILES string of the molecule is O=C1C(=Cc2ncccc2C(F)(F)F)Cc2c1ccc(CO)c2Cl. The lowest BCUT2D eigenvalue weighted by Gasteiger charge is -2.09. The second kappa shape index (κ2) is 6.03. The number of hydrogen-bond acceptors (Lipinski definition) is 3. The number of halogens is 4. The number of carbonyl (C=O) groups is 1. The Morgan fingerprint density at radius 2 is 2.04 bits per heavy atom. The molecule has 1 aliphatic carbocycles. The van der Waals surface area contributed by atoms with Gasteiger partial charge >= 0.3 is 6.18 Å². The number of fused-ring (bicyclic) bond motifs is 1. The molecule has 3 rings (SSSR count). The summed E-state index contributed by atoms with van der Waals surface area (Å²) in [7, 11) is 0. The number of aromatic nitrogens is 1. The lowest BCUT2D eigenvalue weighted by molar-refractivity contribution is -0.138. The molecule has 1 heterocycles. The highest BCUT2D eigenvalue weighted by molar-refractivity contribution is 6.33. The van der Waals surface area contributed by atoms with Crippen LogP contribution < -0.4 is 0 Å². The Labute approximate surface area is 140 Å². The highest BCUT2D eigenvalue weighted by Crippen LogP contribution is 2.37. The number of carbonyl (C=O) groups excluding carboxylic acids is 1. The first kappa shape index (κ1) is 16.7. The molecule has 0 atom stereocenters. The standard InChI is InChI=1S/C17H11ClF3NO2/c18-15-9(8-23)3-4-11-12(15)6-10(16(11)24)7-14-13(17(19,20)21)2-1-5-22-14/h1-5,7,23H,6,8H2. The number of aliphatic hydroxyl groups is 1. The van der Waals surface area contributed by atoms with E-state index in [9.17, 15) is 23.1 Å². The Bertz CT molecular complexity index is 859. The fraction of sp³-hybridized carbons (Fsp3) is 0.176. The summed E-state index contributed by atoms with van der Waals surface area (Å²) in [6.45, 7) is -0.280. The van der Waals surface area contributed by atoms with Gasteiger partial charge in [0.2, 0.25) is 0 Å². The summed E-state index contributed by atoms with van der Waals surface area (Å²) in [4.78, 5) is 16.2. The maximum Gasteiger partial charge on any atom is 0.418 e. The van der Waals surface area contributed by atoms with Crippen molar-refractivity contribution in [1.82, 2.24) is 4.98 Å². The molecule has 24 heavy (non-hydrogen) atoms. The van der Waals surface area contributed by atoms with Crippen molar-refractivity contribution < 1.29 is 23.1 Å². The molecule has 3 nitrogen and oxygen atoms in total. The van der Waals surface area contributed by atoms with Crippen LogP contribution in [0, 0.1) is 0 Å². The maximum absolute atomic E-state index is 13.0. The second-order valence-electron chi connectivity index (χ2n) is 5.33. The average Bonchev–Trinajstić information content (AvgIpc) is 2.85. The first-order chi connectivity index (χ1) is 11.3. The number of hydrogen-bond donors (Lipinski definition) is 1. The molecule has 0 spiro atoms. The summed E-state index contributed by atoms with van der Waals surface area (Å²) < 4.78 is 39.1. The number of Topliss-reactive ketones (excluding diaryl/α,β-unsaturated/α-hetero) is 1. The molecule has 0 fully saturated rings. The molecular weight excluding hydrogens is 343 g/mol. The summed E-state index contributed by atoms with van der Waals surface area (Å²) >= 11 is 6.16. The van der Waals surface area contributed by atoms with Gasteiger partial charge in [-0.05, 0) is 29.3 Å². The van der Waals surface area contributed by atoms with Crippen LogP contribution in [0.15, 0.2) is 36.0 Å². The van der Waals surface area contributed by atoms with Crippen LogP contribution in [0.25, 0.3) is 6.08 Å². The molecule has 1 aliphatic rings. The topological polar surface area (TPSA) is 50.2 Å². The minimum atomic E-state index is -4.56. The molecular formula is C17H11ClF3NO2. The molecule has 0 saturated heterocycles. The third kappa shape index (κ3) is 2.83. The molecule has 0 unspecified atom stereocenters. The predicted molar refractivity (Wildman–Crippen MR) is 82.6 cm³/mol. The van der Waals surface area contributed by atoms with Gasteiger partial charge in [-0.1, -0.05) is 23.7 Å². The minimum Gasteiger partial charge on any atom is -0.392 e. The van der Waals surface area contributed by atoms with Gasteiger partial charge in [0.05, 0.1) is 22.9 Å². The first-order valence-corrected chi connectivity index (χ1v) is 7.39. The van der Waals surface area contributed by atoms with Crippen molar-refractivity contribution >= 4 is 23.5 Å². The van der Waals surface area contributed by atoms with Crippen molar-refractivity contribution in [3.8, 4) is 0 Å². The van der Waals surface area contributed by atoms with Crippen molar-refractivity contribution in [3.63, 3.8) is 0 Å². The fourth-order valence-corrected chi connectivity index (χ4v) is 2.97. The van der Waals surface area contributed by atoms with E-state index < -0.39 is 11.7 Å². The molecule has 2 aromatic rings. The van der Waals surface area contributed by atoms with Crippen molar-refractivity contribution in [3.05, 3.63) is 69.0 Å². The number of pyridine rings is 1. The van der Waals surface area contributed by atoms with Crippen molar-refractivity contribution in [2.24, 2.45) is 0 Å². The van der Waals surface area contributed by atoms with E-state index >= 15 is 0 Å². The Hall–Kier alpha value is -2.18. The van der Waals surface area contributed by atoms with Gasteiger partial charge in [0.15, 0.2) is 5.78 Å². The highest BCUT2D eigenvalue weighted by atomic mass is 35.5. The van der Waals surface area contributed by atoms with Crippen molar-refractivity contribution in [1.29, 1.82) is 0 Å². The number of rotatable bonds is 2. The Balaban J connectivity index is 2.06. The van der Waals surface area contributed by atoms with Crippen LogP contribution in [0.5, 0.6) is 0 Å². The molecule has 0 saturated carbocycles. The Morgan fingerprint density at radius 1 is 1.29 bits per heavy atom. The molecule has 1 aromatic heterocycles. The molecule has 0 radical (unpaired) electrons. The third-order valence-corrected chi connectivity index (χ3v) is 4.32. The third-order valence-electron chi connectivity index (χ3n) is 3.85.